The van der Waals surface area contributed by atoms with Crippen LogP contribution < -0.4 is 0 Å². The van der Waals surface area contributed by atoms with Gasteiger partial charge in [0.1, 0.15) is 6.79 Å². The fourth-order valence-corrected chi connectivity index (χ4v) is 0. The van der Waals surface area contributed by atoms with Crippen molar-refractivity contribution in [2.45, 2.75) is 0 Å². The summed E-state index contributed by atoms with van der Waals surface area (Å²) in [7, 11) is 0. The van der Waals surface area contributed by atoms with E-state index in [1.165, 1.54) is 0 Å². The molecule has 0 atom stereocenters. The van der Waals surface area contributed by atoms with Gasteiger partial charge < -0.3 is 4.79 Å². The van der Waals surface area contributed by atoms with Crippen molar-refractivity contribution in [1.29, 1.82) is 0 Å². The minimum atomic E-state index is 0. The van der Waals surface area contributed by atoms with Gasteiger partial charge in [0.25, 0.3) is 0 Å². The Morgan fingerprint density at radius 2 is 1.00 bits per heavy atom. The average molecular weight is 222 g/mol. The third-order valence-electron chi connectivity index (χ3n) is 0. The van der Waals surface area contributed by atoms with Crippen LogP contribution in [0.5, 0.6) is 0 Å². The second-order valence-electron chi connectivity index (χ2n) is 0. The number of carbonyl (C=O) groups is 1. The summed E-state index contributed by atoms with van der Waals surface area (Å²) in [4.78, 5) is 8.00. The van der Waals surface area contributed by atoms with Gasteiger partial charge in [0.2, 0.25) is 0 Å². The van der Waals surface area contributed by atoms with Crippen LogP contribution in [0.3, 0.4) is 0 Å². The van der Waals surface area contributed by atoms with Gasteiger partial charge in [0.05, 0.1) is 0 Å². The standard InChI is InChI=1S/CH2O.2Mo/c1-2;;/h1H2;;. The van der Waals surface area contributed by atoms with Crippen molar-refractivity contribution in [3.63, 3.8) is 0 Å². The van der Waals surface area contributed by atoms with Crippen molar-refractivity contribution in [3.8, 4) is 0 Å². The molecule has 0 heterocycles. The SMILES string of the molecule is C=O.[Mo].[Mo]. The second kappa shape index (κ2) is 34.3. The van der Waals surface area contributed by atoms with E-state index in [4.69, 9.17) is 4.79 Å². The molecule has 0 rings (SSSR count). The van der Waals surface area contributed by atoms with E-state index in [1.54, 1.807) is 0 Å². The van der Waals surface area contributed by atoms with E-state index in [0.717, 1.165) is 0 Å². The van der Waals surface area contributed by atoms with E-state index in [0.29, 0.717) is 0 Å². The van der Waals surface area contributed by atoms with E-state index in [2.05, 4.69) is 0 Å². The summed E-state index contributed by atoms with van der Waals surface area (Å²) >= 11 is 0. The maximum Gasteiger partial charge on any atom is 0.106 e. The van der Waals surface area contributed by atoms with Crippen LogP contribution in [-0.2, 0) is 46.9 Å². The topological polar surface area (TPSA) is 17.1 Å². The van der Waals surface area contributed by atoms with Crippen LogP contribution in [0.15, 0.2) is 0 Å². The molecule has 0 radical (unpaired) electrons. The number of hydrogen-bond donors (Lipinski definition) is 0. The van der Waals surface area contributed by atoms with E-state index in [-0.39, 0.29) is 42.1 Å². The van der Waals surface area contributed by atoms with Crippen molar-refractivity contribution in [1.82, 2.24) is 0 Å². The molecule has 0 amide bonds. The van der Waals surface area contributed by atoms with Crippen LogP contribution in [0.4, 0.5) is 0 Å². The molecular weight excluding hydrogens is 220 g/mol. The summed E-state index contributed by atoms with van der Waals surface area (Å²) < 4.78 is 0. The zero-order valence-corrected chi connectivity index (χ0v) is 5.95. The Balaban J connectivity index is -0.00000000500. The van der Waals surface area contributed by atoms with Crippen molar-refractivity contribution < 1.29 is 46.9 Å². The normalized spacial score (nSPS) is 1.00. The van der Waals surface area contributed by atoms with Gasteiger partial charge in [-0.05, 0) is 0 Å². The first-order valence-electron chi connectivity index (χ1n) is 0.289. The first-order valence-corrected chi connectivity index (χ1v) is 0.289. The van der Waals surface area contributed by atoms with Crippen LogP contribution in [0.25, 0.3) is 0 Å². The fraction of sp³-hybridized carbons (Fsp3) is 0. The largest absolute Gasteiger partial charge is 0.307 e. The quantitative estimate of drug-likeness (QED) is 0.519. The maximum absolute atomic E-state index is 8.00. The third kappa shape index (κ3) is 11.6. The van der Waals surface area contributed by atoms with Gasteiger partial charge in [-0.3, -0.25) is 0 Å². The van der Waals surface area contributed by atoms with Crippen LogP contribution in [0, 0.1) is 0 Å². The third-order valence-corrected chi connectivity index (χ3v) is 0. The predicted molar refractivity (Wildman–Crippen MR) is 7.12 cm³/mol. The summed E-state index contributed by atoms with van der Waals surface area (Å²) in [5.74, 6) is 0. The molecular formula is CH2Mo2O. The Kier molecular flexibility index (Phi) is 169. The summed E-state index contributed by atoms with van der Waals surface area (Å²) in [5.41, 5.74) is 0. The predicted octanol–water partition coefficient (Wildman–Crippen LogP) is -0.190. The maximum atomic E-state index is 8.00. The van der Waals surface area contributed by atoms with Gasteiger partial charge in [-0.2, -0.15) is 0 Å². The fourth-order valence-electron chi connectivity index (χ4n) is 0. The van der Waals surface area contributed by atoms with Gasteiger partial charge in [0, 0.05) is 42.1 Å². The molecule has 0 aliphatic rings. The molecule has 0 spiro atoms. The Morgan fingerprint density at radius 3 is 1.00 bits per heavy atom. The van der Waals surface area contributed by atoms with Crippen LogP contribution >= 0.6 is 0 Å². The first kappa shape index (κ1) is 19.7. The van der Waals surface area contributed by atoms with Crippen LogP contribution in [0.1, 0.15) is 0 Å². The zero-order valence-electron chi connectivity index (χ0n) is 1.93. The monoisotopic (exact) mass is 226 g/mol. The number of rotatable bonds is 0. The summed E-state index contributed by atoms with van der Waals surface area (Å²) in [6.07, 6.45) is 0. The van der Waals surface area contributed by atoms with Gasteiger partial charge in [-0.1, -0.05) is 0 Å². The molecule has 0 bridgehead atoms. The number of carbonyl (C=O) groups excluding carboxylic acids is 1. The van der Waals surface area contributed by atoms with Crippen molar-refractivity contribution >= 4 is 6.79 Å². The van der Waals surface area contributed by atoms with E-state index < -0.39 is 0 Å². The molecule has 0 saturated heterocycles. The molecule has 0 fully saturated rings. The summed E-state index contributed by atoms with van der Waals surface area (Å²) in [6, 6.07) is 0. The molecule has 0 aliphatic heterocycles. The molecule has 24 valence electrons. The molecule has 0 aromatic rings. The molecule has 0 unspecified atom stereocenters. The molecule has 0 N–H and O–H groups in total. The Morgan fingerprint density at radius 1 is 1.00 bits per heavy atom. The van der Waals surface area contributed by atoms with Crippen LogP contribution in [-0.4, -0.2) is 6.79 Å². The summed E-state index contributed by atoms with van der Waals surface area (Å²) in [5, 5.41) is 0. The molecule has 0 saturated carbocycles. The van der Waals surface area contributed by atoms with E-state index >= 15 is 0 Å². The minimum Gasteiger partial charge on any atom is -0.307 e. The molecule has 4 heavy (non-hydrogen) atoms. The second-order valence-corrected chi connectivity index (χ2v) is 0. The molecule has 3 heteroatoms. The minimum absolute atomic E-state index is 0. The Hall–Kier alpha value is 1.05. The Labute approximate surface area is 53.7 Å². The van der Waals surface area contributed by atoms with Crippen LogP contribution in [0.2, 0.25) is 0 Å². The average Bonchev–Trinajstić information content (AvgIpc) is 1.00. The number of hydrogen-bond acceptors (Lipinski definition) is 1. The van der Waals surface area contributed by atoms with Crippen molar-refractivity contribution in [3.05, 3.63) is 0 Å². The first-order chi connectivity index (χ1) is 1.00. The van der Waals surface area contributed by atoms with Crippen molar-refractivity contribution in [2.75, 3.05) is 0 Å². The molecule has 0 aromatic carbocycles. The van der Waals surface area contributed by atoms with Crippen molar-refractivity contribution in [2.24, 2.45) is 0 Å². The van der Waals surface area contributed by atoms with Gasteiger partial charge in [0.15, 0.2) is 0 Å². The van der Waals surface area contributed by atoms with E-state index in [1.807, 2.05) is 6.79 Å². The molecule has 1 nitrogen and oxygen atoms in total. The van der Waals surface area contributed by atoms with E-state index in [9.17, 15) is 0 Å². The van der Waals surface area contributed by atoms with Gasteiger partial charge in [-0.25, -0.2) is 0 Å². The zero-order chi connectivity index (χ0) is 2.00. The smallest absolute Gasteiger partial charge is 0.106 e. The van der Waals surface area contributed by atoms with Gasteiger partial charge >= 0.3 is 0 Å². The summed E-state index contributed by atoms with van der Waals surface area (Å²) in [6.45, 7) is 2.00. The molecule has 0 aliphatic carbocycles. The molecule has 0 aromatic heterocycles. The van der Waals surface area contributed by atoms with Gasteiger partial charge in [-0.15, -0.1) is 0 Å². The Bertz CT molecular complexity index is 6.00.